The van der Waals surface area contributed by atoms with Crippen molar-refractivity contribution in [1.29, 1.82) is 0 Å². The molecule has 1 aromatic rings. The fourth-order valence-electron chi connectivity index (χ4n) is 2.08. The molecule has 0 aromatic carbocycles. The van der Waals surface area contributed by atoms with Gasteiger partial charge in [0.2, 0.25) is 0 Å². The molecule has 0 saturated carbocycles. The van der Waals surface area contributed by atoms with Crippen molar-refractivity contribution in [3.05, 3.63) is 23.5 Å². The van der Waals surface area contributed by atoms with E-state index >= 15 is 0 Å². The van der Waals surface area contributed by atoms with Crippen LogP contribution in [0.15, 0.2) is 12.3 Å². The maximum atomic E-state index is 10.8. The second kappa shape index (κ2) is 4.73. The summed E-state index contributed by atoms with van der Waals surface area (Å²) in [6.07, 6.45) is 2.99. The van der Waals surface area contributed by atoms with Gasteiger partial charge in [-0.3, -0.25) is 4.98 Å². The largest absolute Gasteiger partial charge is 0.496 e. The molecule has 1 fully saturated rings. The third-order valence-electron chi connectivity index (χ3n) is 3.97. The Bertz CT molecular complexity index is 483. The van der Waals surface area contributed by atoms with Crippen molar-refractivity contribution < 1.29 is 14.1 Å². The van der Waals surface area contributed by atoms with Gasteiger partial charge in [0.1, 0.15) is 6.29 Å². The van der Waals surface area contributed by atoms with Crippen LogP contribution < -0.4 is 5.46 Å². The van der Waals surface area contributed by atoms with Crippen LogP contribution in [0, 0.1) is 6.92 Å². The summed E-state index contributed by atoms with van der Waals surface area (Å²) >= 11 is 0. The molecule has 0 N–H and O–H groups in total. The van der Waals surface area contributed by atoms with Gasteiger partial charge >= 0.3 is 7.12 Å². The highest BCUT2D eigenvalue weighted by molar-refractivity contribution is 6.62. The Hall–Kier alpha value is -1.20. The predicted molar refractivity (Wildman–Crippen MR) is 74.5 cm³/mol. The highest BCUT2D eigenvalue weighted by Gasteiger charge is 2.52. The summed E-state index contributed by atoms with van der Waals surface area (Å²) in [5.74, 6) is 0. The molecule has 0 spiro atoms. The van der Waals surface area contributed by atoms with E-state index in [-0.39, 0.29) is 11.2 Å². The third-order valence-corrected chi connectivity index (χ3v) is 3.97. The number of carbonyl (C=O) groups excluding carboxylic acids is 1. The van der Waals surface area contributed by atoms with E-state index in [0.29, 0.717) is 6.42 Å². The molecule has 1 aliphatic heterocycles. The summed E-state index contributed by atoms with van der Waals surface area (Å²) < 4.78 is 12.0. The first-order valence-electron chi connectivity index (χ1n) is 6.51. The van der Waals surface area contributed by atoms with Gasteiger partial charge in [-0.1, -0.05) is 0 Å². The van der Waals surface area contributed by atoms with Crippen LogP contribution in [0.1, 0.15) is 39.0 Å². The first kappa shape index (κ1) is 14.2. The average Bonchev–Trinajstić information content (AvgIpc) is 2.48. The van der Waals surface area contributed by atoms with Gasteiger partial charge in [-0.25, -0.2) is 0 Å². The van der Waals surface area contributed by atoms with Gasteiger partial charge in [-0.05, 0) is 46.2 Å². The van der Waals surface area contributed by atoms with Crippen LogP contribution in [-0.2, 0) is 20.5 Å². The zero-order valence-corrected chi connectivity index (χ0v) is 12.2. The molecule has 0 atom stereocenters. The van der Waals surface area contributed by atoms with Crippen molar-refractivity contribution in [2.24, 2.45) is 0 Å². The van der Waals surface area contributed by atoms with Crippen LogP contribution in [0.25, 0.3) is 0 Å². The number of aryl methyl sites for hydroxylation is 1. The highest BCUT2D eigenvalue weighted by atomic mass is 16.7. The Labute approximate surface area is 114 Å². The van der Waals surface area contributed by atoms with E-state index < -0.39 is 7.12 Å². The summed E-state index contributed by atoms with van der Waals surface area (Å²) in [4.78, 5) is 15.1. The van der Waals surface area contributed by atoms with Gasteiger partial charge in [0.25, 0.3) is 0 Å². The monoisotopic (exact) mass is 261 g/mol. The number of nitrogens with zero attached hydrogens (tertiary/aromatic N) is 1. The Morgan fingerprint density at radius 2 is 1.84 bits per heavy atom. The fourth-order valence-corrected chi connectivity index (χ4v) is 2.08. The Kier molecular flexibility index (Phi) is 3.54. The summed E-state index contributed by atoms with van der Waals surface area (Å²) in [5, 5.41) is 0. The zero-order valence-electron chi connectivity index (χ0n) is 12.2. The quantitative estimate of drug-likeness (QED) is 0.610. The van der Waals surface area contributed by atoms with Gasteiger partial charge < -0.3 is 14.1 Å². The molecule has 4 nitrogen and oxygen atoms in total. The topological polar surface area (TPSA) is 48.4 Å². The second-order valence-electron chi connectivity index (χ2n) is 5.98. The molecular weight excluding hydrogens is 241 g/mol. The molecule has 102 valence electrons. The second-order valence-corrected chi connectivity index (χ2v) is 5.98. The third kappa shape index (κ3) is 2.58. The van der Waals surface area contributed by atoms with E-state index in [9.17, 15) is 4.79 Å². The Balaban J connectivity index is 2.36. The normalized spacial score (nSPS) is 20.6. The molecule has 0 amide bonds. The molecule has 0 unspecified atom stereocenters. The smallest absolute Gasteiger partial charge is 0.399 e. The molecule has 5 heteroatoms. The maximum Gasteiger partial charge on any atom is 0.496 e. The van der Waals surface area contributed by atoms with E-state index in [1.165, 1.54) is 0 Å². The number of aldehydes is 1. The number of rotatable bonds is 3. The maximum absolute atomic E-state index is 10.8. The molecule has 0 radical (unpaired) electrons. The van der Waals surface area contributed by atoms with Crippen LogP contribution in [0.2, 0.25) is 0 Å². The number of hydrogen-bond acceptors (Lipinski definition) is 4. The number of hydrogen-bond donors (Lipinski definition) is 0. The van der Waals surface area contributed by atoms with Crippen molar-refractivity contribution in [3.63, 3.8) is 0 Å². The summed E-state index contributed by atoms with van der Waals surface area (Å²) in [7, 11) is -0.465. The number of pyridine rings is 1. The van der Waals surface area contributed by atoms with E-state index in [1.54, 1.807) is 6.20 Å². The lowest BCUT2D eigenvalue weighted by Crippen LogP contribution is -2.41. The van der Waals surface area contributed by atoms with Gasteiger partial charge in [-0.2, -0.15) is 0 Å². The van der Waals surface area contributed by atoms with Gasteiger partial charge in [0.05, 0.1) is 11.2 Å². The SMILES string of the molecule is Cc1cc(CC=O)c(B2OC(C)(C)C(C)(C)O2)cn1. The minimum atomic E-state index is -0.465. The van der Waals surface area contributed by atoms with E-state index in [1.807, 2.05) is 40.7 Å². The van der Waals surface area contributed by atoms with Gasteiger partial charge in [0.15, 0.2) is 0 Å². The lowest BCUT2D eigenvalue weighted by molar-refractivity contribution is -0.107. The van der Waals surface area contributed by atoms with Crippen molar-refractivity contribution in [3.8, 4) is 0 Å². The van der Waals surface area contributed by atoms with Crippen LogP contribution in [-0.4, -0.2) is 29.6 Å². The first-order chi connectivity index (χ1) is 8.77. The molecular formula is C14H20BNO3. The van der Waals surface area contributed by atoms with Gasteiger partial charge in [-0.15, -0.1) is 0 Å². The van der Waals surface area contributed by atoms with Crippen molar-refractivity contribution in [1.82, 2.24) is 4.98 Å². The van der Waals surface area contributed by atoms with Crippen molar-refractivity contribution in [2.45, 2.75) is 52.2 Å². The minimum Gasteiger partial charge on any atom is -0.399 e. The molecule has 0 aliphatic carbocycles. The zero-order chi connectivity index (χ0) is 14.3. The van der Waals surface area contributed by atoms with Gasteiger partial charge in [0, 0.05) is 23.8 Å². The average molecular weight is 261 g/mol. The van der Waals surface area contributed by atoms with Crippen molar-refractivity contribution >= 4 is 18.9 Å². The number of aromatic nitrogens is 1. The van der Waals surface area contributed by atoms with E-state index in [0.717, 1.165) is 23.0 Å². The first-order valence-corrected chi connectivity index (χ1v) is 6.51. The summed E-state index contributed by atoms with van der Waals surface area (Å²) in [5.41, 5.74) is 1.87. The standard InChI is InChI=1S/C14H20BNO3/c1-10-8-11(6-7-17)12(9-16-10)15-18-13(2,3)14(4,5)19-15/h7-9H,6H2,1-5H3. The molecule has 2 heterocycles. The van der Waals surface area contributed by atoms with Crippen LogP contribution in [0.3, 0.4) is 0 Å². The minimum absolute atomic E-state index is 0.350. The van der Waals surface area contributed by atoms with E-state index in [2.05, 4.69) is 4.98 Å². The van der Waals surface area contributed by atoms with Crippen LogP contribution in [0.4, 0.5) is 0 Å². The predicted octanol–water partition coefficient (Wildman–Crippen LogP) is 1.43. The number of carbonyl (C=O) groups is 1. The lowest BCUT2D eigenvalue weighted by atomic mass is 9.76. The highest BCUT2D eigenvalue weighted by Crippen LogP contribution is 2.36. The summed E-state index contributed by atoms with van der Waals surface area (Å²) in [6.45, 7) is 9.94. The molecule has 1 aliphatic rings. The Morgan fingerprint density at radius 3 is 2.37 bits per heavy atom. The molecule has 19 heavy (non-hydrogen) atoms. The van der Waals surface area contributed by atoms with Crippen LogP contribution in [0.5, 0.6) is 0 Å². The van der Waals surface area contributed by atoms with Crippen molar-refractivity contribution in [2.75, 3.05) is 0 Å². The fraction of sp³-hybridized carbons (Fsp3) is 0.571. The van der Waals surface area contributed by atoms with Crippen LogP contribution >= 0.6 is 0 Å². The molecule has 1 saturated heterocycles. The van der Waals surface area contributed by atoms with E-state index in [4.69, 9.17) is 9.31 Å². The Morgan fingerprint density at radius 1 is 1.26 bits per heavy atom. The lowest BCUT2D eigenvalue weighted by Gasteiger charge is -2.32. The summed E-state index contributed by atoms with van der Waals surface area (Å²) in [6, 6.07) is 1.91. The molecule has 2 rings (SSSR count). The molecule has 1 aromatic heterocycles. The molecule has 0 bridgehead atoms.